The minimum absolute atomic E-state index is 0.225. The summed E-state index contributed by atoms with van der Waals surface area (Å²) in [5.74, 6) is -0.300. The number of nitrogens with zero attached hydrogens (tertiary/aromatic N) is 1. The number of hydrogen-bond acceptors (Lipinski definition) is 3. The van der Waals surface area contributed by atoms with Crippen LogP contribution in [0.2, 0.25) is 0 Å². The first-order valence-corrected chi connectivity index (χ1v) is 11.7. The molecule has 0 radical (unpaired) electrons. The zero-order chi connectivity index (χ0) is 21.9. The Kier molecular flexibility index (Phi) is 7.11. The third-order valence-electron chi connectivity index (χ3n) is 5.18. The van der Waals surface area contributed by atoms with Crippen LogP contribution in [0.15, 0.2) is 36.4 Å². The van der Waals surface area contributed by atoms with E-state index in [4.69, 9.17) is 0 Å². The van der Waals surface area contributed by atoms with Gasteiger partial charge in [0.1, 0.15) is 6.04 Å². The minimum Gasteiger partial charge on any atom is -0.348 e. The van der Waals surface area contributed by atoms with Crippen molar-refractivity contribution in [3.63, 3.8) is 0 Å². The van der Waals surface area contributed by atoms with Gasteiger partial charge in [-0.15, -0.1) is 0 Å². The normalized spacial score (nSPS) is 13.6. The van der Waals surface area contributed by atoms with Crippen molar-refractivity contribution in [3.05, 3.63) is 64.2 Å². The molecule has 2 atom stereocenters. The van der Waals surface area contributed by atoms with Crippen LogP contribution in [0, 0.1) is 27.7 Å². The van der Waals surface area contributed by atoms with Crippen LogP contribution in [0.5, 0.6) is 0 Å². The van der Waals surface area contributed by atoms with E-state index in [9.17, 15) is 13.2 Å². The predicted octanol–water partition coefficient (Wildman–Crippen LogP) is 4.34. The summed E-state index contributed by atoms with van der Waals surface area (Å²) in [6, 6.07) is 10.7. The number of hydrogen-bond donors (Lipinski definition) is 1. The Balaban J connectivity index is 2.39. The van der Waals surface area contributed by atoms with Gasteiger partial charge in [-0.3, -0.25) is 9.10 Å². The Morgan fingerprint density at radius 2 is 1.59 bits per heavy atom. The molecular weight excluding hydrogens is 384 g/mol. The highest BCUT2D eigenvalue weighted by molar-refractivity contribution is 7.92. The Morgan fingerprint density at radius 1 is 1.00 bits per heavy atom. The highest BCUT2D eigenvalue weighted by Gasteiger charge is 2.33. The number of amides is 1. The summed E-state index contributed by atoms with van der Waals surface area (Å²) >= 11 is 0. The predicted molar refractivity (Wildman–Crippen MR) is 120 cm³/mol. The quantitative estimate of drug-likeness (QED) is 0.730. The highest BCUT2D eigenvalue weighted by atomic mass is 32.2. The zero-order valence-electron chi connectivity index (χ0n) is 18.4. The number of carbonyl (C=O) groups is 1. The van der Waals surface area contributed by atoms with Gasteiger partial charge in [-0.2, -0.15) is 0 Å². The maximum atomic E-state index is 13.2. The fourth-order valence-corrected chi connectivity index (χ4v) is 4.95. The Bertz CT molecular complexity index is 999. The van der Waals surface area contributed by atoms with Crippen molar-refractivity contribution < 1.29 is 13.2 Å². The Morgan fingerprint density at radius 3 is 2.14 bits per heavy atom. The smallest absolute Gasteiger partial charge is 0.244 e. The first kappa shape index (κ1) is 22.9. The third kappa shape index (κ3) is 5.38. The molecule has 0 bridgehead atoms. The van der Waals surface area contributed by atoms with Crippen LogP contribution in [0.3, 0.4) is 0 Å². The lowest BCUT2D eigenvalue weighted by Gasteiger charge is -2.32. The van der Waals surface area contributed by atoms with E-state index in [0.717, 1.165) is 34.1 Å². The molecule has 2 unspecified atom stereocenters. The van der Waals surface area contributed by atoms with Gasteiger partial charge in [0.25, 0.3) is 0 Å². The molecule has 5 nitrogen and oxygen atoms in total. The second-order valence-corrected chi connectivity index (χ2v) is 9.72. The second-order valence-electron chi connectivity index (χ2n) is 7.86. The summed E-state index contributed by atoms with van der Waals surface area (Å²) < 4.78 is 26.7. The van der Waals surface area contributed by atoms with Crippen molar-refractivity contribution in [1.82, 2.24) is 5.32 Å². The Labute approximate surface area is 175 Å². The van der Waals surface area contributed by atoms with Crippen molar-refractivity contribution in [2.75, 3.05) is 10.6 Å². The van der Waals surface area contributed by atoms with Gasteiger partial charge in [0.2, 0.25) is 15.9 Å². The van der Waals surface area contributed by atoms with Crippen molar-refractivity contribution in [3.8, 4) is 0 Å². The summed E-state index contributed by atoms with van der Waals surface area (Å²) in [5.41, 5.74) is 5.59. The molecule has 2 rings (SSSR count). The molecule has 0 heterocycles. The second kappa shape index (κ2) is 8.99. The van der Waals surface area contributed by atoms with Gasteiger partial charge in [0.15, 0.2) is 0 Å². The molecule has 0 spiro atoms. The SMILES string of the molecule is CCC(C(=O)NC(C)c1ccc(C)cc1C)N(c1cc(C)ccc1C)S(C)(=O)=O. The van der Waals surface area contributed by atoms with Crippen LogP contribution >= 0.6 is 0 Å². The fraction of sp³-hybridized carbons (Fsp3) is 0.435. The number of rotatable bonds is 7. The van der Waals surface area contributed by atoms with E-state index in [-0.39, 0.29) is 11.9 Å². The fourth-order valence-electron chi connectivity index (χ4n) is 3.69. The highest BCUT2D eigenvalue weighted by Crippen LogP contribution is 2.28. The Hall–Kier alpha value is -2.34. The summed E-state index contributed by atoms with van der Waals surface area (Å²) in [4.78, 5) is 13.2. The number of aryl methyl sites for hydroxylation is 4. The van der Waals surface area contributed by atoms with E-state index >= 15 is 0 Å². The van der Waals surface area contributed by atoms with Crippen molar-refractivity contribution >= 4 is 21.6 Å². The first-order valence-electron chi connectivity index (χ1n) is 9.89. The topological polar surface area (TPSA) is 66.5 Å². The van der Waals surface area contributed by atoms with E-state index in [1.807, 2.05) is 71.9 Å². The molecule has 0 saturated carbocycles. The molecule has 0 aliphatic heterocycles. The molecule has 6 heteroatoms. The maximum absolute atomic E-state index is 13.2. The largest absolute Gasteiger partial charge is 0.348 e. The van der Waals surface area contributed by atoms with Gasteiger partial charge in [-0.25, -0.2) is 8.42 Å². The van der Waals surface area contributed by atoms with E-state index < -0.39 is 16.1 Å². The van der Waals surface area contributed by atoms with Crippen LogP contribution in [0.4, 0.5) is 5.69 Å². The van der Waals surface area contributed by atoms with Gasteiger partial charge in [0, 0.05) is 0 Å². The van der Waals surface area contributed by atoms with E-state index in [1.54, 1.807) is 0 Å². The van der Waals surface area contributed by atoms with E-state index in [1.165, 1.54) is 4.31 Å². The molecule has 1 N–H and O–H groups in total. The molecule has 2 aromatic carbocycles. The maximum Gasteiger partial charge on any atom is 0.244 e. The summed E-state index contributed by atoms with van der Waals surface area (Å²) in [6.07, 6.45) is 1.52. The van der Waals surface area contributed by atoms with Gasteiger partial charge in [0.05, 0.1) is 18.0 Å². The van der Waals surface area contributed by atoms with E-state index in [2.05, 4.69) is 11.4 Å². The van der Waals surface area contributed by atoms with Gasteiger partial charge >= 0.3 is 0 Å². The number of sulfonamides is 1. The molecule has 0 aliphatic rings. The summed E-state index contributed by atoms with van der Waals surface area (Å²) in [5, 5.41) is 3.02. The van der Waals surface area contributed by atoms with Crippen LogP contribution in [0.1, 0.15) is 54.1 Å². The van der Waals surface area contributed by atoms with E-state index in [0.29, 0.717) is 12.1 Å². The lowest BCUT2D eigenvalue weighted by atomic mass is 10.00. The molecule has 0 saturated heterocycles. The number of carbonyl (C=O) groups excluding carboxylic acids is 1. The van der Waals surface area contributed by atoms with Crippen molar-refractivity contribution in [2.24, 2.45) is 0 Å². The van der Waals surface area contributed by atoms with Gasteiger partial charge < -0.3 is 5.32 Å². The molecule has 29 heavy (non-hydrogen) atoms. The molecule has 158 valence electrons. The molecule has 2 aromatic rings. The zero-order valence-corrected chi connectivity index (χ0v) is 19.2. The van der Waals surface area contributed by atoms with Crippen molar-refractivity contribution in [2.45, 2.75) is 60.0 Å². The molecular formula is C23H32N2O3S. The van der Waals surface area contributed by atoms with Crippen LogP contribution in [-0.2, 0) is 14.8 Å². The monoisotopic (exact) mass is 416 g/mol. The summed E-state index contributed by atoms with van der Waals surface area (Å²) in [6.45, 7) is 11.6. The molecule has 0 aliphatic carbocycles. The molecule has 0 aromatic heterocycles. The van der Waals surface area contributed by atoms with Crippen LogP contribution < -0.4 is 9.62 Å². The summed E-state index contributed by atoms with van der Waals surface area (Å²) in [7, 11) is -3.66. The molecule has 1 amide bonds. The van der Waals surface area contributed by atoms with Crippen LogP contribution in [-0.4, -0.2) is 26.6 Å². The lowest BCUT2D eigenvalue weighted by Crippen LogP contribution is -2.50. The molecule has 0 fully saturated rings. The average molecular weight is 417 g/mol. The number of nitrogens with one attached hydrogen (secondary N) is 1. The number of anilines is 1. The van der Waals surface area contributed by atoms with Crippen molar-refractivity contribution in [1.29, 1.82) is 0 Å². The lowest BCUT2D eigenvalue weighted by molar-refractivity contribution is -0.122. The van der Waals surface area contributed by atoms with Gasteiger partial charge in [-0.1, -0.05) is 42.8 Å². The minimum atomic E-state index is -3.66. The number of benzene rings is 2. The average Bonchev–Trinajstić information content (AvgIpc) is 2.60. The van der Waals surface area contributed by atoms with Crippen LogP contribution in [0.25, 0.3) is 0 Å². The third-order valence-corrected chi connectivity index (χ3v) is 6.35. The first-order chi connectivity index (χ1) is 13.5. The van der Waals surface area contributed by atoms with Gasteiger partial charge in [-0.05, 0) is 69.4 Å². The standard InChI is InChI=1S/C23H32N2O3S/c1-8-21(23(26)24-19(6)20-12-10-15(2)13-18(20)5)25(29(7,27)28)22-14-16(3)9-11-17(22)4/h9-14,19,21H,8H2,1-7H3,(H,24,26).